The van der Waals surface area contributed by atoms with Crippen LogP contribution in [0.2, 0.25) is 0 Å². The van der Waals surface area contributed by atoms with E-state index in [1.807, 2.05) is 59.5 Å². The summed E-state index contributed by atoms with van der Waals surface area (Å²) in [5, 5.41) is 3.43. The first-order valence-electron chi connectivity index (χ1n) is 9.01. The van der Waals surface area contributed by atoms with Gasteiger partial charge in [-0.15, -0.1) is 0 Å². The average Bonchev–Trinajstić information content (AvgIpc) is 3.31. The predicted octanol–water partition coefficient (Wildman–Crippen LogP) is 3.09. The number of carbonyl (C=O) groups is 1. The number of nitrogens with one attached hydrogen (secondary N) is 1. The summed E-state index contributed by atoms with van der Waals surface area (Å²) in [6.45, 7) is 4.41. The van der Waals surface area contributed by atoms with E-state index in [0.717, 1.165) is 49.5 Å². The smallest absolute Gasteiger partial charge is 0.253 e. The number of hydrogen-bond donors (Lipinski definition) is 1. The first-order chi connectivity index (χ1) is 12.2. The van der Waals surface area contributed by atoms with E-state index in [-0.39, 0.29) is 5.91 Å². The molecule has 0 radical (unpaired) electrons. The number of ether oxygens (including phenoxy) is 1. The number of benzene rings is 2. The highest BCUT2D eigenvalue weighted by atomic mass is 16.5. The molecule has 1 N–H and O–H groups in total. The number of nitrogens with zero attached hydrogens (tertiary/aromatic N) is 1. The lowest BCUT2D eigenvalue weighted by molar-refractivity contribution is 0.0775. The van der Waals surface area contributed by atoms with E-state index in [4.69, 9.17) is 4.74 Å². The van der Waals surface area contributed by atoms with Gasteiger partial charge in [0.1, 0.15) is 12.4 Å². The molecule has 4 heteroatoms. The second-order valence-electron chi connectivity index (χ2n) is 7.20. The molecule has 25 heavy (non-hydrogen) atoms. The fraction of sp³-hybridized carbons (Fsp3) is 0.381. The van der Waals surface area contributed by atoms with Crippen LogP contribution in [0.25, 0.3) is 0 Å². The Bertz CT molecular complexity index is 721. The van der Waals surface area contributed by atoms with Gasteiger partial charge in [-0.05, 0) is 49.2 Å². The third kappa shape index (κ3) is 3.54. The van der Waals surface area contributed by atoms with Crippen LogP contribution in [0.3, 0.4) is 0 Å². The third-order valence-corrected chi connectivity index (χ3v) is 5.41. The minimum atomic E-state index is 0.137. The van der Waals surface area contributed by atoms with Crippen molar-refractivity contribution in [3.8, 4) is 5.75 Å². The maximum atomic E-state index is 12.7. The summed E-state index contributed by atoms with van der Waals surface area (Å²) in [5.74, 6) is 0.927. The monoisotopic (exact) mass is 336 g/mol. The number of rotatable bonds is 4. The summed E-state index contributed by atoms with van der Waals surface area (Å²) in [5.41, 5.74) is 2.19. The first kappa shape index (κ1) is 16.2. The van der Waals surface area contributed by atoms with Gasteiger partial charge in [-0.2, -0.15) is 0 Å². The Kier molecular flexibility index (Phi) is 4.45. The Hall–Kier alpha value is -2.33. The van der Waals surface area contributed by atoms with Crippen molar-refractivity contribution in [3.05, 3.63) is 65.7 Å². The topological polar surface area (TPSA) is 41.6 Å². The molecule has 2 aromatic rings. The number of carbonyl (C=O) groups excluding carboxylic acids is 1. The van der Waals surface area contributed by atoms with Gasteiger partial charge in [0.15, 0.2) is 0 Å². The minimum absolute atomic E-state index is 0.137. The van der Waals surface area contributed by atoms with Crippen molar-refractivity contribution in [1.29, 1.82) is 0 Å². The summed E-state index contributed by atoms with van der Waals surface area (Å²) < 4.78 is 5.80. The summed E-state index contributed by atoms with van der Waals surface area (Å²) in [7, 11) is 0. The average molecular weight is 336 g/mol. The van der Waals surface area contributed by atoms with Crippen LogP contribution in [0.1, 0.15) is 28.8 Å². The normalized spacial score (nSPS) is 22.5. The molecule has 1 amide bonds. The van der Waals surface area contributed by atoms with Crippen molar-refractivity contribution in [2.75, 3.05) is 26.2 Å². The molecule has 0 aromatic heterocycles. The van der Waals surface area contributed by atoms with Crippen LogP contribution in [-0.2, 0) is 6.61 Å². The second-order valence-corrected chi connectivity index (χ2v) is 7.20. The van der Waals surface area contributed by atoms with Gasteiger partial charge in [0.2, 0.25) is 0 Å². The predicted molar refractivity (Wildman–Crippen MR) is 97.7 cm³/mol. The molecule has 0 saturated carbocycles. The van der Waals surface area contributed by atoms with Crippen molar-refractivity contribution < 1.29 is 9.53 Å². The standard InChI is InChI=1S/C21H24N2O2/c24-20(23-13-11-21(16-23)10-12-22-15-21)18-6-8-19(9-7-18)25-14-17-4-2-1-3-5-17/h1-9,22H,10-16H2. The molecule has 2 aliphatic rings. The van der Waals surface area contributed by atoms with Crippen molar-refractivity contribution in [2.45, 2.75) is 19.4 Å². The zero-order chi connectivity index (χ0) is 17.1. The van der Waals surface area contributed by atoms with Gasteiger partial charge in [0, 0.05) is 30.6 Å². The lowest BCUT2D eigenvalue weighted by atomic mass is 9.86. The fourth-order valence-corrected chi connectivity index (χ4v) is 3.87. The van der Waals surface area contributed by atoms with Gasteiger partial charge in [-0.1, -0.05) is 30.3 Å². The summed E-state index contributed by atoms with van der Waals surface area (Å²) in [6.07, 6.45) is 2.30. The molecule has 1 atom stereocenters. The van der Waals surface area contributed by atoms with Crippen LogP contribution in [-0.4, -0.2) is 37.0 Å². The van der Waals surface area contributed by atoms with Crippen molar-refractivity contribution in [3.63, 3.8) is 0 Å². The van der Waals surface area contributed by atoms with Gasteiger partial charge in [0.25, 0.3) is 5.91 Å². The molecule has 2 saturated heterocycles. The Morgan fingerprint density at radius 3 is 2.60 bits per heavy atom. The Balaban J connectivity index is 1.36. The first-order valence-corrected chi connectivity index (χ1v) is 9.01. The molecule has 1 unspecified atom stereocenters. The van der Waals surface area contributed by atoms with Crippen LogP contribution in [0.5, 0.6) is 5.75 Å². The van der Waals surface area contributed by atoms with E-state index < -0.39 is 0 Å². The summed E-state index contributed by atoms with van der Waals surface area (Å²) in [6, 6.07) is 17.6. The second kappa shape index (κ2) is 6.89. The highest BCUT2D eigenvalue weighted by Crippen LogP contribution is 2.36. The molecule has 0 aliphatic carbocycles. The zero-order valence-corrected chi connectivity index (χ0v) is 14.4. The van der Waals surface area contributed by atoms with E-state index >= 15 is 0 Å². The van der Waals surface area contributed by atoms with Gasteiger partial charge in [0.05, 0.1) is 0 Å². The van der Waals surface area contributed by atoms with Gasteiger partial charge in [-0.25, -0.2) is 0 Å². The molecule has 4 nitrogen and oxygen atoms in total. The van der Waals surface area contributed by atoms with E-state index in [9.17, 15) is 4.79 Å². The van der Waals surface area contributed by atoms with Crippen LogP contribution in [0.4, 0.5) is 0 Å². The van der Waals surface area contributed by atoms with Crippen LogP contribution in [0.15, 0.2) is 54.6 Å². The highest BCUT2D eigenvalue weighted by molar-refractivity contribution is 5.94. The lowest BCUT2D eigenvalue weighted by Gasteiger charge is -2.22. The van der Waals surface area contributed by atoms with Gasteiger partial charge < -0.3 is 15.0 Å². The molecule has 2 aromatic carbocycles. The maximum absolute atomic E-state index is 12.7. The molecule has 2 fully saturated rings. The maximum Gasteiger partial charge on any atom is 0.253 e. The highest BCUT2D eigenvalue weighted by Gasteiger charge is 2.41. The SMILES string of the molecule is O=C(c1ccc(OCc2ccccc2)cc1)N1CCC2(CCNC2)C1. The Labute approximate surface area is 148 Å². The molecular formula is C21H24N2O2. The molecule has 4 rings (SSSR count). The Morgan fingerprint density at radius 2 is 1.88 bits per heavy atom. The van der Waals surface area contributed by atoms with Crippen LogP contribution >= 0.6 is 0 Å². The molecule has 130 valence electrons. The minimum Gasteiger partial charge on any atom is -0.489 e. The summed E-state index contributed by atoms with van der Waals surface area (Å²) >= 11 is 0. The molecule has 2 heterocycles. The van der Waals surface area contributed by atoms with Crippen LogP contribution < -0.4 is 10.1 Å². The van der Waals surface area contributed by atoms with Crippen molar-refractivity contribution >= 4 is 5.91 Å². The zero-order valence-electron chi connectivity index (χ0n) is 14.4. The van der Waals surface area contributed by atoms with E-state index in [0.29, 0.717) is 12.0 Å². The lowest BCUT2D eigenvalue weighted by Crippen LogP contribution is -2.33. The summed E-state index contributed by atoms with van der Waals surface area (Å²) in [4.78, 5) is 14.7. The molecular weight excluding hydrogens is 312 g/mol. The third-order valence-electron chi connectivity index (χ3n) is 5.41. The number of likely N-dealkylation sites (tertiary alicyclic amines) is 1. The number of amides is 1. The van der Waals surface area contributed by atoms with Gasteiger partial charge in [-0.3, -0.25) is 4.79 Å². The molecule has 2 aliphatic heterocycles. The largest absolute Gasteiger partial charge is 0.489 e. The van der Waals surface area contributed by atoms with E-state index in [1.54, 1.807) is 0 Å². The quantitative estimate of drug-likeness (QED) is 0.933. The van der Waals surface area contributed by atoms with Crippen molar-refractivity contribution in [1.82, 2.24) is 10.2 Å². The van der Waals surface area contributed by atoms with E-state index in [1.165, 1.54) is 6.42 Å². The van der Waals surface area contributed by atoms with Gasteiger partial charge >= 0.3 is 0 Å². The van der Waals surface area contributed by atoms with E-state index in [2.05, 4.69) is 5.32 Å². The number of hydrogen-bond acceptors (Lipinski definition) is 3. The fourth-order valence-electron chi connectivity index (χ4n) is 3.87. The molecule has 1 spiro atoms. The Morgan fingerprint density at radius 1 is 1.08 bits per heavy atom. The molecule has 0 bridgehead atoms. The van der Waals surface area contributed by atoms with Crippen LogP contribution in [0, 0.1) is 5.41 Å². The van der Waals surface area contributed by atoms with Crippen molar-refractivity contribution in [2.24, 2.45) is 5.41 Å².